The van der Waals surface area contributed by atoms with Gasteiger partial charge < -0.3 is 10.2 Å². The summed E-state index contributed by atoms with van der Waals surface area (Å²) in [6.07, 6.45) is 2.28. The number of aromatic nitrogens is 1. The van der Waals surface area contributed by atoms with Crippen molar-refractivity contribution in [3.8, 4) is 0 Å². The van der Waals surface area contributed by atoms with E-state index in [1.54, 1.807) is 17.0 Å². The summed E-state index contributed by atoms with van der Waals surface area (Å²) in [5, 5.41) is 17.1. The Morgan fingerprint density at radius 1 is 1.10 bits per heavy atom. The molecule has 0 saturated carbocycles. The van der Waals surface area contributed by atoms with Crippen molar-refractivity contribution < 1.29 is 14.8 Å². The average Bonchev–Trinajstić information content (AvgIpc) is 1.88. The molecule has 1 aromatic heterocycles. The molecule has 3 heteroatoms. The molecule has 0 saturated heterocycles. The van der Waals surface area contributed by atoms with Gasteiger partial charge in [-0.2, -0.15) is 4.57 Å². The van der Waals surface area contributed by atoms with Crippen LogP contribution in [0.1, 0.15) is 0 Å². The summed E-state index contributed by atoms with van der Waals surface area (Å²) >= 11 is 0. The largest absolute Gasteiger partial charge is 0.363 e. The van der Waals surface area contributed by atoms with E-state index in [1.165, 1.54) is 0 Å². The topological polar surface area (TPSA) is 44.3 Å². The first-order valence-corrected chi connectivity index (χ1v) is 3.09. The minimum absolute atomic E-state index is 0.223. The number of rotatable bonds is 2. The molecule has 0 fully saturated rings. The normalized spacial score (nSPS) is 10.3. The Bertz CT molecular complexity index is 186. The first-order chi connectivity index (χ1) is 4.79. The van der Waals surface area contributed by atoms with E-state index in [2.05, 4.69) is 0 Å². The lowest BCUT2D eigenvalue weighted by Crippen LogP contribution is -2.38. The molecule has 1 aromatic rings. The highest BCUT2D eigenvalue weighted by molar-refractivity contribution is 4.83. The molecule has 0 aliphatic rings. The standard InChI is InChI=1S/C7H10NO2/c9-7(10)6-8-4-2-1-3-5-8/h1-5,7,9-10H,6H2/q+1. The summed E-state index contributed by atoms with van der Waals surface area (Å²) in [6.45, 7) is 0.223. The van der Waals surface area contributed by atoms with Crippen LogP contribution in [0.3, 0.4) is 0 Å². The van der Waals surface area contributed by atoms with Gasteiger partial charge in [-0.05, 0) is 0 Å². The Balaban J connectivity index is 2.59. The third-order valence-electron chi connectivity index (χ3n) is 1.15. The van der Waals surface area contributed by atoms with Crippen LogP contribution in [0.4, 0.5) is 0 Å². The van der Waals surface area contributed by atoms with Crippen LogP contribution in [0.25, 0.3) is 0 Å². The van der Waals surface area contributed by atoms with Gasteiger partial charge in [-0.3, -0.25) is 0 Å². The smallest absolute Gasteiger partial charge is 0.212 e. The molecule has 0 amide bonds. The average molecular weight is 140 g/mol. The molecule has 0 atom stereocenters. The van der Waals surface area contributed by atoms with E-state index in [0.717, 1.165) is 0 Å². The van der Waals surface area contributed by atoms with Crippen molar-refractivity contribution in [1.29, 1.82) is 0 Å². The van der Waals surface area contributed by atoms with Crippen molar-refractivity contribution in [2.75, 3.05) is 0 Å². The van der Waals surface area contributed by atoms with E-state index in [4.69, 9.17) is 10.2 Å². The second kappa shape index (κ2) is 3.29. The van der Waals surface area contributed by atoms with Crippen LogP contribution < -0.4 is 4.57 Å². The quantitative estimate of drug-likeness (QED) is 0.421. The molecule has 3 nitrogen and oxygen atoms in total. The van der Waals surface area contributed by atoms with Gasteiger partial charge in [-0.1, -0.05) is 6.07 Å². The Hall–Kier alpha value is -0.930. The lowest BCUT2D eigenvalue weighted by molar-refractivity contribution is -0.709. The van der Waals surface area contributed by atoms with Crippen LogP contribution in [-0.4, -0.2) is 16.5 Å². The highest BCUT2D eigenvalue weighted by Crippen LogP contribution is 1.78. The van der Waals surface area contributed by atoms with Gasteiger partial charge in [-0.15, -0.1) is 0 Å². The number of hydrogen-bond donors (Lipinski definition) is 2. The third-order valence-corrected chi connectivity index (χ3v) is 1.15. The molecular formula is C7H10NO2+. The SMILES string of the molecule is OC(O)C[n+]1ccccc1. The molecule has 0 aliphatic carbocycles. The van der Waals surface area contributed by atoms with Gasteiger partial charge in [0.15, 0.2) is 18.9 Å². The maximum atomic E-state index is 8.54. The highest BCUT2D eigenvalue weighted by atomic mass is 16.5. The second-order valence-corrected chi connectivity index (χ2v) is 2.05. The fourth-order valence-corrected chi connectivity index (χ4v) is 0.745. The molecule has 1 heterocycles. The Morgan fingerprint density at radius 3 is 2.20 bits per heavy atom. The zero-order valence-electron chi connectivity index (χ0n) is 5.51. The predicted molar refractivity (Wildman–Crippen MR) is 34.9 cm³/mol. The van der Waals surface area contributed by atoms with Crippen molar-refractivity contribution in [3.05, 3.63) is 30.6 Å². The van der Waals surface area contributed by atoms with Crippen LogP contribution in [0.2, 0.25) is 0 Å². The monoisotopic (exact) mass is 140 g/mol. The van der Waals surface area contributed by atoms with Gasteiger partial charge in [0.1, 0.15) is 0 Å². The van der Waals surface area contributed by atoms with E-state index >= 15 is 0 Å². The molecule has 2 N–H and O–H groups in total. The highest BCUT2D eigenvalue weighted by Gasteiger charge is 2.03. The van der Waals surface area contributed by atoms with Crippen LogP contribution in [0.15, 0.2) is 30.6 Å². The summed E-state index contributed by atoms with van der Waals surface area (Å²) < 4.78 is 1.70. The van der Waals surface area contributed by atoms with Crippen LogP contribution in [0, 0.1) is 0 Å². The zero-order chi connectivity index (χ0) is 7.40. The number of aliphatic hydroxyl groups excluding tert-OH is 1. The van der Waals surface area contributed by atoms with Gasteiger partial charge in [-0.25, -0.2) is 0 Å². The molecular weight excluding hydrogens is 130 g/mol. The van der Waals surface area contributed by atoms with Gasteiger partial charge in [0.2, 0.25) is 6.29 Å². The summed E-state index contributed by atoms with van der Waals surface area (Å²) in [6, 6.07) is 5.55. The summed E-state index contributed by atoms with van der Waals surface area (Å²) in [5.74, 6) is 0. The number of pyridine rings is 1. The molecule has 10 heavy (non-hydrogen) atoms. The Labute approximate surface area is 59.2 Å². The Morgan fingerprint density at radius 2 is 1.70 bits per heavy atom. The van der Waals surface area contributed by atoms with Crippen molar-refractivity contribution >= 4 is 0 Å². The van der Waals surface area contributed by atoms with E-state index in [1.807, 2.05) is 18.2 Å². The summed E-state index contributed by atoms with van der Waals surface area (Å²) in [4.78, 5) is 0. The fraction of sp³-hybridized carbons (Fsp3) is 0.286. The van der Waals surface area contributed by atoms with Crippen molar-refractivity contribution in [2.24, 2.45) is 0 Å². The number of aliphatic hydroxyl groups is 2. The molecule has 0 aromatic carbocycles. The van der Waals surface area contributed by atoms with E-state index in [0.29, 0.717) is 0 Å². The van der Waals surface area contributed by atoms with Crippen molar-refractivity contribution in [3.63, 3.8) is 0 Å². The molecule has 1 rings (SSSR count). The number of hydrogen-bond acceptors (Lipinski definition) is 2. The maximum absolute atomic E-state index is 8.54. The van der Waals surface area contributed by atoms with Crippen LogP contribution >= 0.6 is 0 Å². The zero-order valence-corrected chi connectivity index (χ0v) is 5.51. The summed E-state index contributed by atoms with van der Waals surface area (Å²) in [5.41, 5.74) is 0. The molecule has 0 unspecified atom stereocenters. The molecule has 0 aliphatic heterocycles. The first-order valence-electron chi connectivity index (χ1n) is 3.09. The third kappa shape index (κ3) is 2.13. The molecule has 0 spiro atoms. The van der Waals surface area contributed by atoms with E-state index in [9.17, 15) is 0 Å². The second-order valence-electron chi connectivity index (χ2n) is 2.05. The fourth-order valence-electron chi connectivity index (χ4n) is 0.745. The van der Waals surface area contributed by atoms with Gasteiger partial charge in [0.05, 0.1) is 0 Å². The lowest BCUT2D eigenvalue weighted by Gasteiger charge is -1.96. The van der Waals surface area contributed by atoms with Crippen LogP contribution in [-0.2, 0) is 6.54 Å². The molecule has 0 radical (unpaired) electrons. The Kier molecular flexibility index (Phi) is 2.36. The minimum atomic E-state index is -1.27. The number of nitrogens with zero attached hydrogens (tertiary/aromatic N) is 1. The predicted octanol–water partition coefficient (Wildman–Crippen LogP) is -0.715. The van der Waals surface area contributed by atoms with Gasteiger partial charge in [0, 0.05) is 12.1 Å². The minimum Gasteiger partial charge on any atom is -0.363 e. The van der Waals surface area contributed by atoms with Crippen molar-refractivity contribution in [2.45, 2.75) is 12.8 Å². The van der Waals surface area contributed by atoms with Gasteiger partial charge >= 0.3 is 0 Å². The first kappa shape index (κ1) is 7.18. The van der Waals surface area contributed by atoms with Gasteiger partial charge in [0.25, 0.3) is 0 Å². The van der Waals surface area contributed by atoms with Crippen molar-refractivity contribution in [1.82, 2.24) is 0 Å². The lowest BCUT2D eigenvalue weighted by atomic mass is 10.5. The molecule has 54 valence electrons. The molecule has 0 bridgehead atoms. The van der Waals surface area contributed by atoms with E-state index in [-0.39, 0.29) is 6.54 Å². The maximum Gasteiger partial charge on any atom is 0.212 e. The van der Waals surface area contributed by atoms with Crippen LogP contribution in [0.5, 0.6) is 0 Å². The summed E-state index contributed by atoms with van der Waals surface area (Å²) in [7, 11) is 0. The van der Waals surface area contributed by atoms with E-state index < -0.39 is 6.29 Å².